The normalized spacial score (nSPS) is 16.5. The molecule has 0 saturated carbocycles. The number of carboxylic acids is 1. The molecule has 1 saturated heterocycles. The predicted octanol–water partition coefficient (Wildman–Crippen LogP) is -0.540. The van der Waals surface area contributed by atoms with E-state index >= 15 is 0 Å². The lowest BCUT2D eigenvalue weighted by atomic mass is 10.1. The van der Waals surface area contributed by atoms with E-state index in [0.717, 1.165) is 17.1 Å². The van der Waals surface area contributed by atoms with Gasteiger partial charge in [0, 0.05) is 50.7 Å². The molecule has 6 amide bonds. The lowest BCUT2D eigenvalue weighted by molar-refractivity contribution is -0.142. The molecule has 1 fully saturated rings. The minimum absolute atomic E-state index is 0.0533. The quantitative estimate of drug-likeness (QED) is 0.159. The van der Waals surface area contributed by atoms with Gasteiger partial charge >= 0.3 is 11.9 Å². The van der Waals surface area contributed by atoms with Gasteiger partial charge in [0.1, 0.15) is 18.7 Å². The number of aliphatic carboxylic acids is 1. The number of hydrogen-bond donors (Lipinski definition) is 4. The first-order valence-corrected chi connectivity index (χ1v) is 13.6. The van der Waals surface area contributed by atoms with Crippen LogP contribution in [0.15, 0.2) is 36.4 Å². The van der Waals surface area contributed by atoms with Gasteiger partial charge in [-0.2, -0.15) is 0 Å². The first-order chi connectivity index (χ1) is 20.4. The van der Waals surface area contributed by atoms with Crippen molar-refractivity contribution < 1.29 is 48.2 Å². The lowest BCUT2D eigenvalue weighted by Gasteiger charge is -2.25. The average Bonchev–Trinajstić information content (AvgIpc) is 3.58. The zero-order chi connectivity index (χ0) is 31.5. The second-order valence-electron chi connectivity index (χ2n) is 9.89. The van der Waals surface area contributed by atoms with Crippen LogP contribution in [0.2, 0.25) is 0 Å². The molecule has 2 atom stereocenters. The number of amides is 6. The third kappa shape index (κ3) is 9.76. The average molecular weight is 600 g/mol. The summed E-state index contributed by atoms with van der Waals surface area (Å²) in [6.07, 6.45) is 2.36. The van der Waals surface area contributed by atoms with Crippen molar-refractivity contribution in [1.29, 1.82) is 0 Å². The van der Waals surface area contributed by atoms with Gasteiger partial charge in [-0.1, -0.05) is 12.1 Å². The first-order valence-electron chi connectivity index (χ1n) is 13.6. The number of carbonyl (C=O) groups is 8. The van der Waals surface area contributed by atoms with E-state index in [2.05, 4.69) is 16.0 Å². The zero-order valence-electron chi connectivity index (χ0n) is 23.5. The molecule has 3 rings (SSSR count). The highest BCUT2D eigenvalue weighted by atomic mass is 16.5. The summed E-state index contributed by atoms with van der Waals surface area (Å²) in [5, 5.41) is 16.5. The van der Waals surface area contributed by atoms with Gasteiger partial charge in [-0.3, -0.25) is 43.3 Å². The van der Waals surface area contributed by atoms with E-state index in [1.807, 2.05) is 0 Å². The highest BCUT2D eigenvalue weighted by molar-refractivity contribution is 6.13. The first kappa shape index (κ1) is 32.4. The fraction of sp³-hybridized carbons (Fsp3) is 0.429. The Morgan fingerprint density at radius 2 is 1.70 bits per heavy atom. The Morgan fingerprint density at radius 1 is 1.02 bits per heavy atom. The van der Waals surface area contributed by atoms with Gasteiger partial charge in [0.25, 0.3) is 11.8 Å². The minimum atomic E-state index is -1.23. The van der Waals surface area contributed by atoms with Crippen LogP contribution in [0.4, 0.5) is 5.69 Å². The van der Waals surface area contributed by atoms with Gasteiger partial charge in [0.2, 0.25) is 23.6 Å². The number of rotatable bonds is 14. The molecular formula is C28H33N5O10. The highest BCUT2D eigenvalue weighted by Crippen LogP contribution is 2.19. The topological polar surface area (TPSA) is 209 Å². The third-order valence-corrected chi connectivity index (χ3v) is 6.71. The van der Waals surface area contributed by atoms with E-state index in [1.54, 1.807) is 24.3 Å². The number of imide groups is 1. The summed E-state index contributed by atoms with van der Waals surface area (Å²) in [4.78, 5) is 98.8. The van der Waals surface area contributed by atoms with Gasteiger partial charge in [-0.25, -0.2) is 0 Å². The molecule has 2 aliphatic heterocycles. The molecule has 2 aliphatic rings. The van der Waals surface area contributed by atoms with Crippen molar-refractivity contribution in [3.63, 3.8) is 0 Å². The van der Waals surface area contributed by atoms with Crippen LogP contribution in [0.3, 0.4) is 0 Å². The van der Waals surface area contributed by atoms with Gasteiger partial charge in [0.15, 0.2) is 0 Å². The molecule has 2 heterocycles. The van der Waals surface area contributed by atoms with Crippen molar-refractivity contribution in [2.24, 2.45) is 0 Å². The van der Waals surface area contributed by atoms with Crippen LogP contribution in [-0.4, -0.2) is 94.0 Å². The summed E-state index contributed by atoms with van der Waals surface area (Å²) in [6.45, 7) is 0.987. The van der Waals surface area contributed by atoms with Gasteiger partial charge in [-0.15, -0.1) is 0 Å². The number of likely N-dealkylation sites (tertiary alicyclic amines) is 1. The van der Waals surface area contributed by atoms with Crippen LogP contribution < -0.4 is 16.0 Å². The van der Waals surface area contributed by atoms with Crippen molar-refractivity contribution in [3.05, 3.63) is 42.0 Å². The van der Waals surface area contributed by atoms with Crippen molar-refractivity contribution >= 4 is 53.1 Å². The zero-order valence-corrected chi connectivity index (χ0v) is 23.5. The SMILES string of the molecule is CC(=O)OCc1ccc(NC(=O)[C@H](CCC(=O)O)NC(=O)CNC(=O)[C@@H]2CCCN2C(=O)CCN2C(=O)C=CC2=O)cc1. The Balaban J connectivity index is 1.51. The molecule has 15 heteroatoms. The number of benzene rings is 1. The Hall–Kier alpha value is -5.08. The van der Waals surface area contributed by atoms with E-state index in [1.165, 1.54) is 11.8 Å². The summed E-state index contributed by atoms with van der Waals surface area (Å²) in [5.41, 5.74) is 1.04. The molecule has 1 aromatic rings. The number of esters is 1. The number of nitrogens with zero attached hydrogens (tertiary/aromatic N) is 2. The van der Waals surface area contributed by atoms with E-state index in [-0.39, 0.29) is 26.0 Å². The molecule has 230 valence electrons. The van der Waals surface area contributed by atoms with Crippen LogP contribution in [0.25, 0.3) is 0 Å². The van der Waals surface area contributed by atoms with Gasteiger partial charge in [0.05, 0.1) is 6.54 Å². The van der Waals surface area contributed by atoms with E-state index < -0.39 is 72.4 Å². The smallest absolute Gasteiger partial charge is 0.303 e. The molecule has 0 spiro atoms. The summed E-state index contributed by atoms with van der Waals surface area (Å²) in [7, 11) is 0. The maximum absolute atomic E-state index is 12.9. The number of hydrogen-bond acceptors (Lipinski definition) is 9. The standard InChI is InChI=1S/C28H33N5O10/c1-17(34)43-16-18-4-6-19(7-5-18)30-27(41)20(8-11-26(39)40)31-22(35)15-29-28(42)21-3-2-13-32(21)25(38)12-14-33-23(36)9-10-24(33)37/h4-7,9-10,20-21H,2-3,8,11-16H2,1H3,(H,29,42)(H,30,41)(H,31,35)(H,39,40)/t20-,21-/m0/s1. The Bertz CT molecular complexity index is 1290. The van der Waals surface area contributed by atoms with E-state index in [9.17, 15) is 38.4 Å². The summed E-state index contributed by atoms with van der Waals surface area (Å²) >= 11 is 0. The van der Waals surface area contributed by atoms with Crippen LogP contribution in [0.1, 0.15) is 44.6 Å². The number of anilines is 1. The monoisotopic (exact) mass is 599 g/mol. The molecule has 0 aromatic heterocycles. The number of carbonyl (C=O) groups excluding carboxylic acids is 7. The molecule has 1 aromatic carbocycles. The molecular weight excluding hydrogens is 566 g/mol. The molecule has 15 nitrogen and oxygen atoms in total. The molecule has 0 bridgehead atoms. The van der Waals surface area contributed by atoms with Crippen molar-refractivity contribution in [2.75, 3.05) is 25.0 Å². The van der Waals surface area contributed by atoms with Crippen molar-refractivity contribution in [2.45, 2.75) is 57.7 Å². The molecule has 43 heavy (non-hydrogen) atoms. The van der Waals surface area contributed by atoms with E-state index in [4.69, 9.17) is 9.84 Å². The van der Waals surface area contributed by atoms with Gasteiger partial charge < -0.3 is 30.7 Å². The fourth-order valence-electron chi connectivity index (χ4n) is 4.51. The molecule has 0 radical (unpaired) electrons. The van der Waals surface area contributed by atoms with Crippen molar-refractivity contribution in [3.8, 4) is 0 Å². The predicted molar refractivity (Wildman–Crippen MR) is 148 cm³/mol. The second kappa shape index (κ2) is 15.2. The number of carboxylic acid groups (broad SMARTS) is 1. The van der Waals surface area contributed by atoms with E-state index in [0.29, 0.717) is 30.6 Å². The molecule has 0 unspecified atom stereocenters. The van der Waals surface area contributed by atoms with Crippen LogP contribution in [0, 0.1) is 0 Å². The van der Waals surface area contributed by atoms with Crippen LogP contribution >= 0.6 is 0 Å². The third-order valence-electron chi connectivity index (χ3n) is 6.71. The summed E-state index contributed by atoms with van der Waals surface area (Å²) in [6, 6.07) is 4.28. The van der Waals surface area contributed by atoms with Crippen LogP contribution in [0.5, 0.6) is 0 Å². The number of ether oxygens (including phenoxy) is 1. The number of nitrogens with one attached hydrogen (secondary N) is 3. The van der Waals surface area contributed by atoms with Gasteiger partial charge in [-0.05, 0) is 37.0 Å². The Labute approximate surface area is 246 Å². The van der Waals surface area contributed by atoms with Crippen molar-refractivity contribution in [1.82, 2.24) is 20.4 Å². The Kier molecular flexibility index (Phi) is 11.5. The molecule has 4 N–H and O–H groups in total. The second-order valence-corrected chi connectivity index (χ2v) is 9.89. The summed E-state index contributed by atoms with van der Waals surface area (Å²) < 4.78 is 4.91. The maximum Gasteiger partial charge on any atom is 0.303 e. The lowest BCUT2D eigenvalue weighted by Crippen LogP contribution is -2.51. The maximum atomic E-state index is 12.9. The Morgan fingerprint density at radius 3 is 2.33 bits per heavy atom. The molecule has 0 aliphatic carbocycles. The fourth-order valence-corrected chi connectivity index (χ4v) is 4.51. The summed E-state index contributed by atoms with van der Waals surface area (Å²) in [5.74, 6) is -5.06. The largest absolute Gasteiger partial charge is 0.481 e. The van der Waals surface area contributed by atoms with Crippen LogP contribution in [-0.2, 0) is 49.7 Å². The minimum Gasteiger partial charge on any atom is -0.481 e. The highest BCUT2D eigenvalue weighted by Gasteiger charge is 2.35.